The van der Waals surface area contributed by atoms with Crippen LogP contribution in [0.2, 0.25) is 0 Å². The molecule has 2 aromatic heterocycles. The monoisotopic (exact) mass is 371 g/mol. The van der Waals surface area contributed by atoms with Gasteiger partial charge < -0.3 is 15.6 Å². The number of imidazole rings is 1. The largest absolute Gasteiger partial charge is 0.348 e. The van der Waals surface area contributed by atoms with Crippen LogP contribution in [0.5, 0.6) is 0 Å². The number of nitrogens with zero attached hydrogens (tertiary/aromatic N) is 2. The lowest BCUT2D eigenvalue weighted by molar-refractivity contribution is 0.0950. The van der Waals surface area contributed by atoms with Gasteiger partial charge in [0.2, 0.25) is 0 Å². The first-order valence-corrected chi connectivity index (χ1v) is 8.71. The smallest absolute Gasteiger partial charge is 0.257 e. The number of fused-ring (bicyclic) bond motifs is 1. The molecule has 2 heterocycles. The maximum Gasteiger partial charge on any atom is 0.257 e. The minimum absolute atomic E-state index is 0.162. The number of nitrogens with one attached hydrogen (secondary N) is 3. The van der Waals surface area contributed by atoms with Gasteiger partial charge in [-0.25, -0.2) is 4.98 Å². The number of aromatic nitrogens is 3. The Labute approximate surface area is 160 Å². The van der Waals surface area contributed by atoms with Crippen molar-refractivity contribution in [3.63, 3.8) is 0 Å². The highest BCUT2D eigenvalue weighted by Crippen LogP contribution is 2.13. The Balaban J connectivity index is 1.35. The standard InChI is InChI=1S/C21H17N5O2/c27-20(15-5-8-18-19(10-15)25-13-24-18)23-11-14-3-6-17(7-4-14)26-21(28)16-2-1-9-22-12-16/h1-10,12-13H,11H2,(H,23,27)(H,24,25)(H,26,28). The summed E-state index contributed by atoms with van der Waals surface area (Å²) in [7, 11) is 0. The zero-order valence-corrected chi connectivity index (χ0v) is 14.8. The molecule has 138 valence electrons. The third-order valence-electron chi connectivity index (χ3n) is 4.27. The quantitative estimate of drug-likeness (QED) is 0.502. The number of carbonyl (C=O) groups is 2. The molecule has 0 radical (unpaired) electrons. The molecular weight excluding hydrogens is 354 g/mol. The van der Waals surface area contributed by atoms with Crippen molar-refractivity contribution in [2.45, 2.75) is 6.54 Å². The van der Waals surface area contributed by atoms with Gasteiger partial charge in [0.05, 0.1) is 22.9 Å². The fraction of sp³-hybridized carbons (Fsp3) is 0.0476. The van der Waals surface area contributed by atoms with Gasteiger partial charge in [0.15, 0.2) is 0 Å². The van der Waals surface area contributed by atoms with Gasteiger partial charge in [-0.15, -0.1) is 0 Å². The van der Waals surface area contributed by atoms with Crippen molar-refractivity contribution in [3.05, 3.63) is 90.0 Å². The van der Waals surface area contributed by atoms with E-state index in [9.17, 15) is 9.59 Å². The van der Waals surface area contributed by atoms with Crippen LogP contribution in [0.3, 0.4) is 0 Å². The summed E-state index contributed by atoms with van der Waals surface area (Å²) in [6.07, 6.45) is 4.73. The SMILES string of the molecule is O=C(NCc1ccc(NC(=O)c2cccnc2)cc1)c1ccc2nc[nH]c2c1. The van der Waals surface area contributed by atoms with Crippen molar-refractivity contribution in [1.82, 2.24) is 20.3 Å². The lowest BCUT2D eigenvalue weighted by Gasteiger charge is -2.08. The van der Waals surface area contributed by atoms with Crippen LogP contribution in [-0.4, -0.2) is 26.8 Å². The van der Waals surface area contributed by atoms with E-state index in [4.69, 9.17) is 0 Å². The number of anilines is 1. The number of rotatable bonds is 5. The van der Waals surface area contributed by atoms with Crippen LogP contribution in [-0.2, 0) is 6.54 Å². The molecule has 7 heteroatoms. The molecule has 0 spiro atoms. The number of hydrogen-bond donors (Lipinski definition) is 3. The van der Waals surface area contributed by atoms with Gasteiger partial charge in [0.1, 0.15) is 0 Å². The number of carbonyl (C=O) groups excluding carboxylic acids is 2. The predicted molar refractivity (Wildman–Crippen MR) is 106 cm³/mol. The molecule has 4 aromatic rings. The van der Waals surface area contributed by atoms with Crippen LogP contribution in [0.15, 0.2) is 73.3 Å². The molecule has 0 bridgehead atoms. The van der Waals surface area contributed by atoms with Crippen LogP contribution < -0.4 is 10.6 Å². The van der Waals surface area contributed by atoms with Gasteiger partial charge in [-0.1, -0.05) is 12.1 Å². The summed E-state index contributed by atoms with van der Waals surface area (Å²) in [5, 5.41) is 5.70. The molecule has 0 aliphatic heterocycles. The number of pyridine rings is 1. The molecule has 0 unspecified atom stereocenters. The Morgan fingerprint density at radius 3 is 2.61 bits per heavy atom. The fourth-order valence-electron chi connectivity index (χ4n) is 2.77. The molecule has 0 saturated heterocycles. The summed E-state index contributed by atoms with van der Waals surface area (Å²) in [5.41, 5.74) is 4.30. The zero-order valence-electron chi connectivity index (χ0n) is 14.8. The van der Waals surface area contributed by atoms with E-state index in [1.165, 1.54) is 6.20 Å². The molecule has 0 fully saturated rings. The maximum atomic E-state index is 12.3. The number of benzene rings is 2. The first kappa shape index (κ1) is 17.4. The number of amides is 2. The highest BCUT2D eigenvalue weighted by molar-refractivity contribution is 6.04. The van der Waals surface area contributed by atoms with Gasteiger partial charge in [-0.2, -0.15) is 0 Å². The Bertz CT molecular complexity index is 1120. The van der Waals surface area contributed by atoms with E-state index in [2.05, 4.69) is 25.6 Å². The lowest BCUT2D eigenvalue weighted by Crippen LogP contribution is -2.22. The van der Waals surface area contributed by atoms with Crippen molar-refractivity contribution < 1.29 is 9.59 Å². The number of aromatic amines is 1. The summed E-state index contributed by atoms with van der Waals surface area (Å²) >= 11 is 0. The Morgan fingerprint density at radius 1 is 0.964 bits per heavy atom. The van der Waals surface area contributed by atoms with Crippen molar-refractivity contribution >= 4 is 28.5 Å². The average molecular weight is 371 g/mol. The van der Waals surface area contributed by atoms with E-state index < -0.39 is 0 Å². The molecule has 28 heavy (non-hydrogen) atoms. The van der Waals surface area contributed by atoms with E-state index in [1.54, 1.807) is 55.0 Å². The second kappa shape index (κ2) is 7.71. The molecule has 7 nitrogen and oxygen atoms in total. The van der Waals surface area contributed by atoms with E-state index >= 15 is 0 Å². The normalized spacial score (nSPS) is 10.6. The van der Waals surface area contributed by atoms with E-state index in [-0.39, 0.29) is 11.8 Å². The van der Waals surface area contributed by atoms with E-state index in [0.29, 0.717) is 23.4 Å². The lowest BCUT2D eigenvalue weighted by atomic mass is 10.1. The second-order valence-electron chi connectivity index (χ2n) is 6.21. The van der Waals surface area contributed by atoms with Gasteiger partial charge >= 0.3 is 0 Å². The summed E-state index contributed by atoms with van der Waals surface area (Å²) in [5.74, 6) is -0.381. The third-order valence-corrected chi connectivity index (χ3v) is 4.27. The van der Waals surface area contributed by atoms with Crippen LogP contribution >= 0.6 is 0 Å². The van der Waals surface area contributed by atoms with Crippen LogP contribution in [0.1, 0.15) is 26.3 Å². The summed E-state index contributed by atoms with van der Waals surface area (Å²) in [6, 6.07) is 16.1. The number of hydrogen-bond acceptors (Lipinski definition) is 4. The van der Waals surface area contributed by atoms with Crippen molar-refractivity contribution in [3.8, 4) is 0 Å². The van der Waals surface area contributed by atoms with Crippen molar-refractivity contribution in [1.29, 1.82) is 0 Å². The first-order valence-electron chi connectivity index (χ1n) is 8.71. The van der Waals surface area contributed by atoms with Gasteiger partial charge in [0.25, 0.3) is 11.8 Å². The van der Waals surface area contributed by atoms with Gasteiger partial charge in [-0.3, -0.25) is 14.6 Å². The Hall–Kier alpha value is -4.00. The summed E-state index contributed by atoms with van der Waals surface area (Å²) < 4.78 is 0. The molecular formula is C21H17N5O2. The predicted octanol–water partition coefficient (Wildman–Crippen LogP) is 3.14. The zero-order chi connectivity index (χ0) is 19.3. The van der Waals surface area contributed by atoms with Crippen molar-refractivity contribution in [2.75, 3.05) is 5.32 Å². The maximum absolute atomic E-state index is 12.3. The first-order chi connectivity index (χ1) is 13.7. The molecule has 0 saturated carbocycles. The van der Waals surface area contributed by atoms with E-state index in [0.717, 1.165) is 16.6 Å². The summed E-state index contributed by atoms with van der Waals surface area (Å²) in [4.78, 5) is 35.5. The third kappa shape index (κ3) is 3.88. The van der Waals surface area contributed by atoms with Crippen LogP contribution in [0, 0.1) is 0 Å². The molecule has 4 rings (SSSR count). The fourth-order valence-corrected chi connectivity index (χ4v) is 2.77. The topological polar surface area (TPSA) is 99.8 Å². The molecule has 0 aliphatic rings. The minimum Gasteiger partial charge on any atom is -0.348 e. The van der Waals surface area contributed by atoms with E-state index in [1.807, 2.05) is 12.1 Å². The van der Waals surface area contributed by atoms with Gasteiger partial charge in [0, 0.05) is 30.2 Å². The van der Waals surface area contributed by atoms with Crippen LogP contribution in [0.4, 0.5) is 5.69 Å². The Kier molecular flexibility index (Phi) is 4.79. The number of H-pyrrole nitrogens is 1. The van der Waals surface area contributed by atoms with Crippen LogP contribution in [0.25, 0.3) is 11.0 Å². The average Bonchev–Trinajstić information content (AvgIpc) is 3.21. The molecule has 0 aliphatic carbocycles. The molecule has 3 N–H and O–H groups in total. The Morgan fingerprint density at radius 2 is 1.82 bits per heavy atom. The van der Waals surface area contributed by atoms with Crippen molar-refractivity contribution in [2.24, 2.45) is 0 Å². The highest BCUT2D eigenvalue weighted by Gasteiger charge is 2.08. The molecule has 0 atom stereocenters. The molecule has 2 aromatic carbocycles. The molecule has 2 amide bonds. The summed E-state index contributed by atoms with van der Waals surface area (Å²) in [6.45, 7) is 0.386. The second-order valence-corrected chi connectivity index (χ2v) is 6.21. The van der Waals surface area contributed by atoms with Gasteiger partial charge in [-0.05, 0) is 48.0 Å². The highest BCUT2D eigenvalue weighted by atomic mass is 16.2. The minimum atomic E-state index is -0.219.